The molecule has 5 nitrogen and oxygen atoms in total. The van der Waals surface area contributed by atoms with E-state index >= 15 is 0 Å². The molecule has 2 N–H and O–H groups in total. The summed E-state index contributed by atoms with van der Waals surface area (Å²) in [4.78, 5) is 29.5. The fourth-order valence-corrected chi connectivity index (χ4v) is 5.14. The van der Waals surface area contributed by atoms with Gasteiger partial charge in [-0.2, -0.15) is 0 Å². The van der Waals surface area contributed by atoms with Crippen LogP contribution in [0.2, 0.25) is 5.02 Å². The zero-order valence-electron chi connectivity index (χ0n) is 20.2. The maximum absolute atomic E-state index is 13.9. The van der Waals surface area contributed by atoms with Gasteiger partial charge in [-0.3, -0.25) is 9.59 Å². The number of hydrogen-bond acceptors (Lipinski definition) is 3. The molecule has 6 heteroatoms. The number of carbonyl (C=O) groups excluding carboxylic acids is 2. The van der Waals surface area contributed by atoms with Crippen molar-refractivity contribution in [3.8, 4) is 0 Å². The largest absolute Gasteiger partial charge is 0.392 e. The molecule has 1 aliphatic heterocycles. The van der Waals surface area contributed by atoms with E-state index in [0.29, 0.717) is 22.7 Å². The number of halogens is 1. The van der Waals surface area contributed by atoms with E-state index in [0.717, 1.165) is 22.3 Å². The number of fused-ring (bicyclic) bond motifs is 1. The second-order valence-electron chi connectivity index (χ2n) is 9.14. The first-order valence-electron chi connectivity index (χ1n) is 12.2. The summed E-state index contributed by atoms with van der Waals surface area (Å²) in [5, 5.41) is 13.2. The van der Waals surface area contributed by atoms with Gasteiger partial charge in [-0.25, -0.2) is 0 Å². The van der Waals surface area contributed by atoms with E-state index in [1.54, 1.807) is 17.0 Å². The summed E-state index contributed by atoms with van der Waals surface area (Å²) in [5.74, 6) is -0.955. The summed E-state index contributed by atoms with van der Waals surface area (Å²) in [5.41, 5.74) is 4.58. The highest BCUT2D eigenvalue weighted by Crippen LogP contribution is 2.44. The third-order valence-electron chi connectivity index (χ3n) is 6.83. The van der Waals surface area contributed by atoms with Crippen molar-refractivity contribution in [2.75, 3.05) is 0 Å². The Morgan fingerprint density at radius 1 is 0.838 bits per heavy atom. The molecule has 0 aromatic heterocycles. The Morgan fingerprint density at radius 2 is 1.51 bits per heavy atom. The summed E-state index contributed by atoms with van der Waals surface area (Å²) >= 11 is 6.50. The number of nitrogens with zero attached hydrogens (tertiary/aromatic N) is 1. The Hall–Kier alpha value is -3.93. The summed E-state index contributed by atoms with van der Waals surface area (Å²) < 4.78 is 0. The predicted octanol–water partition coefficient (Wildman–Crippen LogP) is 5.63. The third kappa shape index (κ3) is 5.15. The van der Waals surface area contributed by atoms with Gasteiger partial charge in [0.1, 0.15) is 0 Å². The second kappa shape index (κ2) is 11.0. The van der Waals surface area contributed by atoms with Crippen LogP contribution in [0.3, 0.4) is 0 Å². The van der Waals surface area contributed by atoms with Crippen LogP contribution in [0, 0.1) is 0 Å². The maximum Gasteiger partial charge on any atom is 0.255 e. The summed E-state index contributed by atoms with van der Waals surface area (Å²) in [7, 11) is 0. The molecule has 0 saturated carbocycles. The topological polar surface area (TPSA) is 69.6 Å². The van der Waals surface area contributed by atoms with Gasteiger partial charge < -0.3 is 15.3 Å². The van der Waals surface area contributed by atoms with Gasteiger partial charge in [-0.05, 0) is 39.9 Å². The highest BCUT2D eigenvalue weighted by molar-refractivity contribution is 6.31. The Morgan fingerprint density at radius 3 is 2.24 bits per heavy atom. The molecule has 2 amide bonds. The second-order valence-corrected chi connectivity index (χ2v) is 9.54. The van der Waals surface area contributed by atoms with Crippen molar-refractivity contribution >= 4 is 23.4 Å². The summed E-state index contributed by atoms with van der Waals surface area (Å²) in [6.07, 6.45) is 0. The van der Waals surface area contributed by atoms with Gasteiger partial charge in [-0.1, -0.05) is 103 Å². The minimum atomic E-state index is -0.639. The van der Waals surface area contributed by atoms with E-state index in [1.807, 2.05) is 91.0 Å². The monoisotopic (exact) mass is 510 g/mol. The molecule has 37 heavy (non-hydrogen) atoms. The van der Waals surface area contributed by atoms with E-state index in [1.165, 1.54) is 0 Å². The van der Waals surface area contributed by atoms with Crippen molar-refractivity contribution < 1.29 is 14.7 Å². The van der Waals surface area contributed by atoms with Crippen molar-refractivity contribution in [2.45, 2.75) is 31.7 Å². The normalized spacial score (nSPS) is 16.8. The molecule has 2 atom stereocenters. The summed E-state index contributed by atoms with van der Waals surface area (Å²) in [6, 6.07) is 31.4. The predicted molar refractivity (Wildman–Crippen MR) is 144 cm³/mol. The molecule has 1 heterocycles. The number of amides is 2. The number of aliphatic hydroxyl groups excluding tert-OH is 1. The van der Waals surface area contributed by atoms with Crippen LogP contribution < -0.4 is 5.32 Å². The van der Waals surface area contributed by atoms with Gasteiger partial charge in [0, 0.05) is 23.7 Å². The molecule has 5 rings (SSSR count). The molecule has 0 fully saturated rings. The first kappa shape index (κ1) is 24.8. The first-order valence-corrected chi connectivity index (χ1v) is 12.6. The molecular formula is C31H27ClN2O3. The van der Waals surface area contributed by atoms with Gasteiger partial charge >= 0.3 is 0 Å². The van der Waals surface area contributed by atoms with Gasteiger partial charge in [0.2, 0.25) is 5.91 Å². The zero-order chi connectivity index (χ0) is 25.8. The molecule has 0 spiro atoms. The van der Waals surface area contributed by atoms with Gasteiger partial charge in [-0.15, -0.1) is 0 Å². The van der Waals surface area contributed by atoms with Crippen molar-refractivity contribution in [3.05, 3.63) is 142 Å². The molecule has 0 unspecified atom stereocenters. The fourth-order valence-electron chi connectivity index (χ4n) is 4.95. The highest BCUT2D eigenvalue weighted by Gasteiger charge is 2.44. The molecule has 0 saturated heterocycles. The van der Waals surface area contributed by atoms with Crippen molar-refractivity contribution in [1.29, 1.82) is 0 Å². The average Bonchev–Trinajstić information content (AvgIpc) is 2.94. The number of benzene rings is 4. The van der Waals surface area contributed by atoms with Crippen LogP contribution in [0.15, 0.2) is 103 Å². The van der Waals surface area contributed by atoms with Crippen molar-refractivity contribution in [2.24, 2.45) is 0 Å². The molecule has 1 aliphatic rings. The standard InChI is InChI=1S/C31H27ClN2O3/c32-27-13-7-4-10-24(27)19-34-29(23-16-14-22(20-35)15-17-23)28(25-11-5-6-12-26(25)31(34)37)30(36)33-18-21-8-2-1-3-9-21/h1-17,28-29,35H,18-20H2,(H,33,36)/t28-,29+/m1/s1. The van der Waals surface area contributed by atoms with Crippen LogP contribution in [0.4, 0.5) is 0 Å². The Kier molecular flexibility index (Phi) is 7.35. The molecule has 186 valence electrons. The zero-order valence-corrected chi connectivity index (χ0v) is 20.9. The van der Waals surface area contributed by atoms with E-state index < -0.39 is 12.0 Å². The molecule has 4 aromatic carbocycles. The van der Waals surface area contributed by atoms with Gasteiger partial charge in [0.05, 0.1) is 18.6 Å². The highest BCUT2D eigenvalue weighted by atomic mass is 35.5. The van der Waals surface area contributed by atoms with Crippen LogP contribution in [0.1, 0.15) is 50.1 Å². The maximum atomic E-state index is 13.9. The van der Waals surface area contributed by atoms with Crippen LogP contribution >= 0.6 is 11.6 Å². The number of hydrogen-bond donors (Lipinski definition) is 2. The molecule has 0 aliphatic carbocycles. The van der Waals surface area contributed by atoms with Crippen molar-refractivity contribution in [1.82, 2.24) is 10.2 Å². The van der Waals surface area contributed by atoms with E-state index in [2.05, 4.69) is 5.32 Å². The lowest BCUT2D eigenvalue weighted by Crippen LogP contribution is -2.47. The van der Waals surface area contributed by atoms with Crippen LogP contribution in [0.25, 0.3) is 0 Å². The lowest BCUT2D eigenvalue weighted by molar-refractivity contribution is -0.124. The minimum Gasteiger partial charge on any atom is -0.392 e. The van der Waals surface area contributed by atoms with E-state index in [4.69, 9.17) is 11.6 Å². The summed E-state index contributed by atoms with van der Waals surface area (Å²) in [6.45, 7) is 0.547. The fraction of sp³-hybridized carbons (Fsp3) is 0.161. The van der Waals surface area contributed by atoms with Gasteiger partial charge in [0.25, 0.3) is 5.91 Å². The molecule has 0 bridgehead atoms. The van der Waals surface area contributed by atoms with E-state index in [9.17, 15) is 14.7 Å². The first-order chi connectivity index (χ1) is 18.1. The lowest BCUT2D eigenvalue weighted by atomic mass is 9.78. The number of nitrogens with one attached hydrogen (secondary N) is 1. The Bertz CT molecular complexity index is 1410. The van der Waals surface area contributed by atoms with Crippen molar-refractivity contribution in [3.63, 3.8) is 0 Å². The van der Waals surface area contributed by atoms with Crippen LogP contribution in [-0.4, -0.2) is 21.8 Å². The minimum absolute atomic E-state index is 0.0863. The average molecular weight is 511 g/mol. The SMILES string of the molecule is O=C(NCc1ccccc1)[C@@H]1c2ccccc2C(=O)N(Cc2ccccc2Cl)[C@H]1c1ccc(CO)cc1. The Balaban J connectivity index is 1.60. The quantitative estimate of drug-likeness (QED) is 0.338. The number of aliphatic hydroxyl groups is 1. The molecular weight excluding hydrogens is 484 g/mol. The van der Waals surface area contributed by atoms with Crippen LogP contribution in [0.5, 0.6) is 0 Å². The van der Waals surface area contributed by atoms with Crippen LogP contribution in [-0.2, 0) is 24.5 Å². The number of carbonyl (C=O) groups is 2. The molecule has 0 radical (unpaired) electrons. The Labute approximate surface area is 221 Å². The number of rotatable bonds is 7. The third-order valence-corrected chi connectivity index (χ3v) is 7.20. The van der Waals surface area contributed by atoms with Gasteiger partial charge in [0.15, 0.2) is 0 Å². The van der Waals surface area contributed by atoms with E-state index in [-0.39, 0.29) is 25.0 Å². The smallest absolute Gasteiger partial charge is 0.255 e. The molecule has 4 aromatic rings. The lowest BCUT2D eigenvalue weighted by Gasteiger charge is -2.42.